The first-order chi connectivity index (χ1) is 15.0. The van der Waals surface area contributed by atoms with Crippen LogP contribution in [0.3, 0.4) is 0 Å². The summed E-state index contributed by atoms with van der Waals surface area (Å²) in [7, 11) is 0. The molecule has 9 heteroatoms. The van der Waals surface area contributed by atoms with Gasteiger partial charge in [0.25, 0.3) is 0 Å². The molecule has 2 aromatic carbocycles. The summed E-state index contributed by atoms with van der Waals surface area (Å²) in [5.41, 5.74) is 1.53. The van der Waals surface area contributed by atoms with Crippen molar-refractivity contribution in [3.8, 4) is 0 Å². The largest absolute Gasteiger partial charge is 0.445 e. The Balaban J connectivity index is 1.40. The fraction of sp³-hybridized carbons (Fsp3) is 0.318. The number of nitrogens with one attached hydrogen (secondary N) is 2. The molecule has 1 heterocycles. The molecule has 0 spiro atoms. The van der Waals surface area contributed by atoms with E-state index in [1.165, 1.54) is 0 Å². The minimum absolute atomic E-state index is 0.141. The number of benzene rings is 2. The highest BCUT2D eigenvalue weighted by Gasteiger charge is 2.22. The maximum absolute atomic E-state index is 12.5. The molecule has 2 aromatic rings. The average Bonchev–Trinajstić information content (AvgIpc) is 3.05. The maximum atomic E-state index is 12.5. The van der Waals surface area contributed by atoms with Crippen LogP contribution in [0.25, 0.3) is 0 Å². The predicted octanol–water partition coefficient (Wildman–Crippen LogP) is 3.33. The average molecular weight is 445 g/mol. The molecule has 8 nitrogen and oxygen atoms in total. The standard InChI is InChI=1S/C22H25ClN4O4/c23-18-7-9-19(10-8-18)25-21(29)27-12-4-11-26(13-14-27)20(28)15-24-22(30)31-16-17-5-2-1-3-6-17/h1-3,5-10H,4,11-16H2,(H,24,30)(H,25,29). The first kappa shape index (κ1) is 22.4. The second-order valence-corrected chi connectivity index (χ2v) is 7.51. The third-order valence-corrected chi connectivity index (χ3v) is 5.08. The SMILES string of the molecule is O=C(NCC(=O)N1CCCN(C(=O)Nc2ccc(Cl)cc2)CC1)OCc1ccccc1. The Morgan fingerprint density at radius 2 is 1.58 bits per heavy atom. The number of amides is 4. The summed E-state index contributed by atoms with van der Waals surface area (Å²) in [6.45, 7) is 1.85. The number of anilines is 1. The normalized spacial score (nSPS) is 13.8. The van der Waals surface area contributed by atoms with Gasteiger partial charge < -0.3 is 25.2 Å². The van der Waals surface area contributed by atoms with E-state index in [4.69, 9.17) is 16.3 Å². The number of carbonyl (C=O) groups is 3. The van der Waals surface area contributed by atoms with Crippen molar-refractivity contribution >= 4 is 35.3 Å². The van der Waals surface area contributed by atoms with Crippen molar-refractivity contribution in [1.29, 1.82) is 0 Å². The molecule has 0 saturated carbocycles. The van der Waals surface area contributed by atoms with Gasteiger partial charge in [-0.3, -0.25) is 4.79 Å². The Morgan fingerprint density at radius 1 is 0.903 bits per heavy atom. The Kier molecular flexibility index (Phi) is 8.12. The lowest BCUT2D eigenvalue weighted by molar-refractivity contribution is -0.130. The van der Waals surface area contributed by atoms with Crippen molar-refractivity contribution in [1.82, 2.24) is 15.1 Å². The summed E-state index contributed by atoms with van der Waals surface area (Å²) >= 11 is 5.86. The van der Waals surface area contributed by atoms with Crippen LogP contribution in [-0.2, 0) is 16.1 Å². The number of alkyl carbamates (subject to hydrolysis) is 1. The number of urea groups is 1. The number of carbonyl (C=O) groups excluding carboxylic acids is 3. The van der Waals surface area contributed by atoms with Crippen molar-refractivity contribution in [3.63, 3.8) is 0 Å². The van der Waals surface area contributed by atoms with Gasteiger partial charge in [0, 0.05) is 36.9 Å². The third kappa shape index (κ3) is 7.18. The summed E-state index contributed by atoms with van der Waals surface area (Å²) in [4.78, 5) is 40.1. The summed E-state index contributed by atoms with van der Waals surface area (Å²) in [5, 5.41) is 5.91. The predicted molar refractivity (Wildman–Crippen MR) is 118 cm³/mol. The Hall–Kier alpha value is -3.26. The maximum Gasteiger partial charge on any atom is 0.407 e. The Morgan fingerprint density at radius 3 is 2.32 bits per heavy atom. The topological polar surface area (TPSA) is 91.0 Å². The van der Waals surface area contributed by atoms with Crippen LogP contribution in [0.15, 0.2) is 54.6 Å². The van der Waals surface area contributed by atoms with E-state index < -0.39 is 6.09 Å². The van der Waals surface area contributed by atoms with Gasteiger partial charge in [-0.05, 0) is 36.2 Å². The molecule has 1 saturated heterocycles. The smallest absolute Gasteiger partial charge is 0.407 e. The molecule has 1 fully saturated rings. The molecule has 31 heavy (non-hydrogen) atoms. The number of ether oxygens (including phenoxy) is 1. The van der Waals surface area contributed by atoms with Gasteiger partial charge in [0.1, 0.15) is 13.2 Å². The van der Waals surface area contributed by atoms with Crippen molar-refractivity contribution in [3.05, 3.63) is 65.2 Å². The zero-order chi connectivity index (χ0) is 22.1. The van der Waals surface area contributed by atoms with E-state index in [9.17, 15) is 14.4 Å². The van der Waals surface area contributed by atoms with Crippen molar-refractivity contribution in [2.24, 2.45) is 0 Å². The molecule has 4 amide bonds. The molecule has 1 aliphatic heterocycles. The van der Waals surface area contributed by atoms with E-state index in [-0.39, 0.29) is 25.1 Å². The Bertz CT molecular complexity index is 892. The lowest BCUT2D eigenvalue weighted by Gasteiger charge is -2.22. The number of hydrogen-bond donors (Lipinski definition) is 2. The molecule has 164 valence electrons. The molecule has 0 aromatic heterocycles. The summed E-state index contributed by atoms with van der Waals surface area (Å²) < 4.78 is 5.11. The second-order valence-electron chi connectivity index (χ2n) is 7.07. The van der Waals surface area contributed by atoms with Crippen molar-refractivity contribution in [2.75, 3.05) is 38.0 Å². The number of nitrogens with zero attached hydrogens (tertiary/aromatic N) is 2. The molecule has 0 unspecified atom stereocenters. The zero-order valence-electron chi connectivity index (χ0n) is 17.1. The van der Waals surface area contributed by atoms with Gasteiger partial charge >= 0.3 is 12.1 Å². The van der Waals surface area contributed by atoms with Gasteiger partial charge in [-0.25, -0.2) is 9.59 Å². The molecule has 0 aliphatic carbocycles. The monoisotopic (exact) mass is 444 g/mol. The van der Waals surface area contributed by atoms with Crippen LogP contribution in [0.2, 0.25) is 5.02 Å². The van der Waals surface area contributed by atoms with Crippen LogP contribution in [-0.4, -0.2) is 60.6 Å². The van der Waals surface area contributed by atoms with Crippen LogP contribution < -0.4 is 10.6 Å². The van der Waals surface area contributed by atoms with Crippen LogP contribution in [0.5, 0.6) is 0 Å². The first-order valence-corrected chi connectivity index (χ1v) is 10.4. The molecular formula is C22H25ClN4O4. The quantitative estimate of drug-likeness (QED) is 0.740. The fourth-order valence-electron chi connectivity index (χ4n) is 3.14. The molecule has 0 radical (unpaired) electrons. The number of hydrogen-bond acceptors (Lipinski definition) is 4. The first-order valence-electron chi connectivity index (χ1n) is 10.0. The van der Waals surface area contributed by atoms with Crippen LogP contribution >= 0.6 is 11.6 Å². The van der Waals surface area contributed by atoms with Gasteiger partial charge in [0.2, 0.25) is 5.91 Å². The van der Waals surface area contributed by atoms with E-state index >= 15 is 0 Å². The highest BCUT2D eigenvalue weighted by Crippen LogP contribution is 2.14. The molecule has 2 N–H and O–H groups in total. The minimum Gasteiger partial charge on any atom is -0.445 e. The lowest BCUT2D eigenvalue weighted by Crippen LogP contribution is -2.43. The summed E-state index contributed by atoms with van der Waals surface area (Å²) in [5.74, 6) is -0.211. The van der Waals surface area contributed by atoms with Gasteiger partial charge in [-0.2, -0.15) is 0 Å². The van der Waals surface area contributed by atoms with Gasteiger partial charge in [-0.15, -0.1) is 0 Å². The minimum atomic E-state index is -0.643. The number of halogens is 1. The molecular weight excluding hydrogens is 420 g/mol. The molecule has 0 bridgehead atoms. The molecule has 1 aliphatic rings. The summed E-state index contributed by atoms with van der Waals surface area (Å²) in [6.07, 6.45) is 0.00842. The number of rotatable bonds is 5. The Labute approximate surface area is 186 Å². The fourth-order valence-corrected chi connectivity index (χ4v) is 3.27. The highest BCUT2D eigenvalue weighted by molar-refractivity contribution is 6.30. The van der Waals surface area contributed by atoms with Crippen molar-refractivity contribution in [2.45, 2.75) is 13.0 Å². The van der Waals surface area contributed by atoms with Gasteiger partial charge in [-0.1, -0.05) is 41.9 Å². The van der Waals surface area contributed by atoms with E-state index in [0.29, 0.717) is 43.3 Å². The highest BCUT2D eigenvalue weighted by atomic mass is 35.5. The van der Waals surface area contributed by atoms with Crippen molar-refractivity contribution < 1.29 is 19.1 Å². The van der Waals surface area contributed by atoms with E-state index in [1.807, 2.05) is 30.3 Å². The molecule has 0 atom stereocenters. The lowest BCUT2D eigenvalue weighted by atomic mass is 10.2. The van der Waals surface area contributed by atoms with Crippen LogP contribution in [0, 0.1) is 0 Å². The van der Waals surface area contributed by atoms with Crippen LogP contribution in [0.4, 0.5) is 15.3 Å². The van der Waals surface area contributed by atoms with Gasteiger partial charge in [0.05, 0.1) is 0 Å². The second kappa shape index (κ2) is 11.2. The van der Waals surface area contributed by atoms with E-state index in [1.54, 1.807) is 34.1 Å². The summed E-state index contributed by atoms with van der Waals surface area (Å²) in [6, 6.07) is 16.0. The zero-order valence-corrected chi connectivity index (χ0v) is 17.8. The van der Waals surface area contributed by atoms with E-state index in [2.05, 4.69) is 10.6 Å². The van der Waals surface area contributed by atoms with Gasteiger partial charge in [0.15, 0.2) is 0 Å². The van der Waals surface area contributed by atoms with Crippen LogP contribution in [0.1, 0.15) is 12.0 Å². The molecule has 3 rings (SSSR count). The van der Waals surface area contributed by atoms with E-state index in [0.717, 1.165) is 5.56 Å². The third-order valence-electron chi connectivity index (χ3n) is 4.83.